The first-order valence-electron chi connectivity index (χ1n) is 8.24. The fourth-order valence-corrected chi connectivity index (χ4v) is 2.84. The normalized spacial score (nSPS) is 16.8. The molecule has 3 aromatic rings. The van der Waals surface area contributed by atoms with E-state index in [0.717, 1.165) is 19.5 Å². The lowest BCUT2D eigenvalue weighted by atomic mass is 10.3. The number of nitrogens with one attached hydrogen (secondary N) is 2. The number of aromatic nitrogens is 4. The van der Waals surface area contributed by atoms with Crippen LogP contribution in [0.15, 0.2) is 30.9 Å². The molecule has 8 nitrogen and oxygen atoms in total. The van der Waals surface area contributed by atoms with Crippen molar-refractivity contribution >= 4 is 17.2 Å². The molecule has 0 bridgehead atoms. The third-order valence-corrected chi connectivity index (χ3v) is 4.05. The van der Waals surface area contributed by atoms with Crippen LogP contribution in [0.2, 0.25) is 0 Å². The summed E-state index contributed by atoms with van der Waals surface area (Å²) in [6.07, 6.45) is 6.99. The quantitative estimate of drug-likeness (QED) is 0.737. The number of fused-ring (bicyclic) bond motifs is 1. The zero-order valence-electron chi connectivity index (χ0n) is 14.1. The lowest BCUT2D eigenvalue weighted by molar-refractivity contribution is 0.102. The summed E-state index contributed by atoms with van der Waals surface area (Å²) in [5.74, 6) is -0.630. The van der Waals surface area contributed by atoms with Gasteiger partial charge < -0.3 is 19.8 Å². The summed E-state index contributed by atoms with van der Waals surface area (Å²) in [5, 5.41) is 5.81. The second-order valence-electron chi connectivity index (χ2n) is 6.12. The molecule has 0 unspecified atom stereocenters. The van der Waals surface area contributed by atoms with E-state index in [2.05, 4.69) is 25.6 Å². The summed E-state index contributed by atoms with van der Waals surface area (Å²) in [6.45, 7) is 3.45. The van der Waals surface area contributed by atoms with Crippen molar-refractivity contribution in [1.82, 2.24) is 24.7 Å². The number of carbonyl (C=O) groups excluding carboxylic acids is 1. The van der Waals surface area contributed by atoms with Crippen LogP contribution in [0, 0.1) is 12.7 Å². The number of anilines is 1. The molecule has 0 saturated carbocycles. The van der Waals surface area contributed by atoms with Crippen molar-refractivity contribution in [3.05, 3.63) is 48.1 Å². The molecule has 1 amide bonds. The highest BCUT2D eigenvalue weighted by Crippen LogP contribution is 2.17. The molecule has 0 radical (unpaired) electrons. The average molecular weight is 356 g/mol. The van der Waals surface area contributed by atoms with Crippen LogP contribution in [0.25, 0.3) is 5.65 Å². The maximum Gasteiger partial charge on any atom is 0.275 e. The summed E-state index contributed by atoms with van der Waals surface area (Å²) in [6, 6.07) is 1.22. The van der Waals surface area contributed by atoms with Gasteiger partial charge in [0.1, 0.15) is 11.8 Å². The fourth-order valence-electron chi connectivity index (χ4n) is 2.84. The third-order valence-electron chi connectivity index (χ3n) is 4.05. The molecule has 3 aromatic heterocycles. The number of rotatable bonds is 4. The number of hydrogen-bond acceptors (Lipinski definition) is 6. The van der Waals surface area contributed by atoms with Crippen molar-refractivity contribution in [3.63, 3.8) is 0 Å². The van der Waals surface area contributed by atoms with Gasteiger partial charge in [-0.05, 0) is 19.9 Å². The van der Waals surface area contributed by atoms with Crippen molar-refractivity contribution in [2.45, 2.75) is 19.4 Å². The molecule has 0 aromatic carbocycles. The topological polar surface area (TPSA) is 93.4 Å². The number of pyridine rings is 1. The van der Waals surface area contributed by atoms with Gasteiger partial charge in [0.2, 0.25) is 5.88 Å². The molecule has 134 valence electrons. The van der Waals surface area contributed by atoms with Crippen molar-refractivity contribution in [3.8, 4) is 5.88 Å². The van der Waals surface area contributed by atoms with Crippen molar-refractivity contribution in [1.29, 1.82) is 0 Å². The second kappa shape index (κ2) is 6.68. The van der Waals surface area contributed by atoms with E-state index in [4.69, 9.17) is 4.74 Å². The number of carbonyl (C=O) groups is 1. The van der Waals surface area contributed by atoms with E-state index in [1.54, 1.807) is 19.3 Å². The molecular weight excluding hydrogens is 339 g/mol. The molecule has 1 atom stereocenters. The Morgan fingerprint density at radius 2 is 2.27 bits per heavy atom. The van der Waals surface area contributed by atoms with Gasteiger partial charge in [-0.2, -0.15) is 0 Å². The molecule has 1 saturated heterocycles. The molecule has 0 aliphatic carbocycles. The van der Waals surface area contributed by atoms with Crippen LogP contribution in [-0.2, 0) is 0 Å². The second-order valence-corrected chi connectivity index (χ2v) is 6.12. The molecule has 26 heavy (non-hydrogen) atoms. The molecule has 4 heterocycles. The first kappa shape index (κ1) is 16.4. The van der Waals surface area contributed by atoms with E-state index < -0.39 is 11.7 Å². The Balaban J connectivity index is 1.47. The number of aryl methyl sites for hydroxylation is 1. The average Bonchev–Trinajstić information content (AvgIpc) is 3.24. The van der Waals surface area contributed by atoms with Gasteiger partial charge >= 0.3 is 0 Å². The number of ether oxygens (including phenoxy) is 1. The van der Waals surface area contributed by atoms with Crippen LogP contribution in [0.4, 0.5) is 10.1 Å². The smallest absolute Gasteiger partial charge is 0.275 e. The van der Waals surface area contributed by atoms with Gasteiger partial charge in [-0.15, -0.1) is 0 Å². The van der Waals surface area contributed by atoms with Crippen molar-refractivity contribution in [2.75, 3.05) is 18.4 Å². The fraction of sp³-hybridized carbons (Fsp3) is 0.294. The Morgan fingerprint density at radius 1 is 1.38 bits per heavy atom. The zero-order chi connectivity index (χ0) is 18.1. The SMILES string of the molecule is Cc1cn2cc(NC(=O)c3cnc(O[C@@H]4CCNC4)cn3)cc(F)c2n1. The predicted octanol–water partition coefficient (Wildman–Crippen LogP) is 1.56. The lowest BCUT2D eigenvalue weighted by Crippen LogP contribution is -2.20. The minimum absolute atomic E-state index is 0.0670. The number of imidazole rings is 1. The van der Waals surface area contributed by atoms with Gasteiger partial charge in [0.15, 0.2) is 11.5 Å². The van der Waals surface area contributed by atoms with Gasteiger partial charge in [-0.3, -0.25) is 4.79 Å². The Bertz CT molecular complexity index is 950. The summed E-state index contributed by atoms with van der Waals surface area (Å²) >= 11 is 0. The first-order valence-corrected chi connectivity index (χ1v) is 8.24. The maximum absolute atomic E-state index is 14.1. The third kappa shape index (κ3) is 3.33. The van der Waals surface area contributed by atoms with E-state index in [1.807, 2.05) is 0 Å². The van der Waals surface area contributed by atoms with Gasteiger partial charge in [-0.25, -0.2) is 19.3 Å². The van der Waals surface area contributed by atoms with E-state index in [-0.39, 0.29) is 17.4 Å². The van der Waals surface area contributed by atoms with E-state index in [9.17, 15) is 9.18 Å². The molecule has 1 aliphatic heterocycles. The molecule has 1 aliphatic rings. The largest absolute Gasteiger partial charge is 0.472 e. The highest BCUT2D eigenvalue weighted by atomic mass is 19.1. The van der Waals surface area contributed by atoms with Gasteiger partial charge in [0.05, 0.1) is 23.8 Å². The zero-order valence-corrected chi connectivity index (χ0v) is 14.1. The number of amides is 1. The molecular formula is C17H17FN6O2. The molecule has 1 fully saturated rings. The Kier molecular flexibility index (Phi) is 4.21. The van der Waals surface area contributed by atoms with Crippen molar-refractivity contribution < 1.29 is 13.9 Å². The van der Waals surface area contributed by atoms with E-state index >= 15 is 0 Å². The van der Waals surface area contributed by atoms with Crippen molar-refractivity contribution in [2.24, 2.45) is 0 Å². The van der Waals surface area contributed by atoms with Gasteiger partial charge in [-0.1, -0.05) is 0 Å². The Labute approximate surface area is 148 Å². The van der Waals surface area contributed by atoms with Crippen LogP contribution < -0.4 is 15.4 Å². The minimum atomic E-state index is -0.518. The summed E-state index contributed by atoms with van der Waals surface area (Å²) < 4.78 is 21.3. The molecule has 0 spiro atoms. The van der Waals surface area contributed by atoms with Crippen LogP contribution in [-0.4, -0.2) is 44.5 Å². The number of hydrogen-bond donors (Lipinski definition) is 2. The predicted molar refractivity (Wildman–Crippen MR) is 91.8 cm³/mol. The van der Waals surface area contributed by atoms with E-state index in [0.29, 0.717) is 17.3 Å². The molecule has 2 N–H and O–H groups in total. The summed E-state index contributed by atoms with van der Waals surface area (Å²) in [5.41, 5.74) is 1.32. The highest BCUT2D eigenvalue weighted by Gasteiger charge is 2.17. The maximum atomic E-state index is 14.1. The monoisotopic (exact) mass is 356 g/mol. The van der Waals surface area contributed by atoms with E-state index in [1.165, 1.54) is 22.9 Å². The minimum Gasteiger partial charge on any atom is -0.472 e. The van der Waals surface area contributed by atoms with Crippen LogP contribution in [0.3, 0.4) is 0 Å². The van der Waals surface area contributed by atoms with Crippen LogP contribution >= 0.6 is 0 Å². The summed E-state index contributed by atoms with van der Waals surface area (Å²) in [4.78, 5) is 24.6. The molecule has 4 rings (SSSR count). The lowest BCUT2D eigenvalue weighted by Gasteiger charge is -2.11. The first-order chi connectivity index (χ1) is 12.6. The standard InChI is InChI=1S/C17H17FN6O2/c1-10-8-24-9-11(4-13(18)16(24)22-10)23-17(25)14-6-21-15(7-20-14)26-12-2-3-19-5-12/h4,6-9,12,19H,2-3,5H2,1H3,(H,23,25)/t12-/m1/s1. The summed E-state index contributed by atoms with van der Waals surface area (Å²) in [7, 11) is 0. The Hall–Kier alpha value is -3.07. The number of nitrogens with zero attached hydrogens (tertiary/aromatic N) is 4. The van der Waals surface area contributed by atoms with Gasteiger partial charge in [0.25, 0.3) is 5.91 Å². The van der Waals surface area contributed by atoms with Crippen LogP contribution in [0.1, 0.15) is 22.6 Å². The number of halogens is 1. The van der Waals surface area contributed by atoms with Crippen LogP contribution in [0.5, 0.6) is 5.88 Å². The molecule has 9 heteroatoms. The highest BCUT2D eigenvalue weighted by molar-refractivity contribution is 6.02. The Morgan fingerprint density at radius 3 is 3.00 bits per heavy atom. The van der Waals surface area contributed by atoms with Gasteiger partial charge in [0, 0.05) is 25.0 Å².